The van der Waals surface area contributed by atoms with Gasteiger partial charge in [-0.05, 0) is 25.5 Å². The van der Waals surface area contributed by atoms with Crippen molar-refractivity contribution >= 4 is 11.7 Å². The molecule has 0 atom stereocenters. The van der Waals surface area contributed by atoms with Gasteiger partial charge in [0, 0.05) is 11.1 Å². The minimum Gasteiger partial charge on any atom is -0.464 e. The number of nitrogens with zero attached hydrogens (tertiary/aromatic N) is 1. The SMILES string of the molecule is COC(=O)c1nc(-c2ccc(C)c(F)c2)c(F)c(N)c1C. The summed E-state index contributed by atoms with van der Waals surface area (Å²) < 4.78 is 32.5. The average Bonchev–Trinajstić information content (AvgIpc) is 2.47. The second-order valence-corrected chi connectivity index (χ2v) is 4.62. The van der Waals surface area contributed by atoms with Crippen LogP contribution in [0.15, 0.2) is 18.2 Å². The Kier molecular flexibility index (Phi) is 3.88. The van der Waals surface area contributed by atoms with Crippen LogP contribution in [0.3, 0.4) is 0 Å². The van der Waals surface area contributed by atoms with Crippen molar-refractivity contribution in [3.05, 3.63) is 46.7 Å². The third kappa shape index (κ3) is 2.56. The number of nitrogens with two attached hydrogens (primary N) is 1. The molecule has 0 aliphatic rings. The molecule has 1 aromatic heterocycles. The van der Waals surface area contributed by atoms with Gasteiger partial charge in [-0.2, -0.15) is 0 Å². The number of anilines is 1. The van der Waals surface area contributed by atoms with Crippen molar-refractivity contribution in [3.63, 3.8) is 0 Å². The van der Waals surface area contributed by atoms with Crippen LogP contribution in [0.2, 0.25) is 0 Å². The summed E-state index contributed by atoms with van der Waals surface area (Å²) in [5.74, 6) is -2.01. The lowest BCUT2D eigenvalue weighted by Crippen LogP contribution is -2.12. The number of esters is 1. The summed E-state index contributed by atoms with van der Waals surface area (Å²) in [6.07, 6.45) is 0. The molecule has 0 saturated carbocycles. The number of carbonyl (C=O) groups is 1. The van der Waals surface area contributed by atoms with Crippen molar-refractivity contribution in [2.24, 2.45) is 0 Å². The number of hydrogen-bond donors (Lipinski definition) is 1. The molecule has 0 amide bonds. The number of benzene rings is 1. The van der Waals surface area contributed by atoms with Crippen LogP contribution in [0, 0.1) is 25.5 Å². The van der Waals surface area contributed by atoms with Crippen LogP contribution in [0.25, 0.3) is 11.3 Å². The van der Waals surface area contributed by atoms with Gasteiger partial charge in [-0.3, -0.25) is 0 Å². The van der Waals surface area contributed by atoms with Gasteiger partial charge in [0.15, 0.2) is 11.5 Å². The molecule has 0 fully saturated rings. The van der Waals surface area contributed by atoms with Crippen molar-refractivity contribution in [1.82, 2.24) is 4.98 Å². The topological polar surface area (TPSA) is 65.2 Å². The van der Waals surface area contributed by atoms with E-state index in [1.807, 2.05) is 0 Å². The standard InChI is InChI=1S/C15H14F2N2O2/c1-7-4-5-9(6-10(7)16)14-11(17)12(18)8(2)13(19-14)15(20)21-3/h4-6H,1-3H3,(H2,18,19). The van der Waals surface area contributed by atoms with Gasteiger partial charge in [0.1, 0.15) is 11.5 Å². The van der Waals surface area contributed by atoms with Gasteiger partial charge in [0.25, 0.3) is 0 Å². The predicted octanol–water partition coefficient (Wildman–Crippen LogP) is 3.01. The Balaban J connectivity index is 2.71. The number of nitrogen functional groups attached to an aromatic ring is 1. The summed E-state index contributed by atoms with van der Waals surface area (Å²) in [6, 6.07) is 4.16. The Morgan fingerprint density at radius 2 is 1.95 bits per heavy atom. The Bertz CT molecular complexity index is 730. The minimum absolute atomic E-state index is 0.0904. The number of pyridine rings is 1. The molecular weight excluding hydrogens is 278 g/mol. The lowest BCUT2D eigenvalue weighted by atomic mass is 10.0. The monoisotopic (exact) mass is 292 g/mol. The third-order valence-corrected chi connectivity index (χ3v) is 3.25. The molecule has 0 bridgehead atoms. The number of rotatable bonds is 2. The maximum absolute atomic E-state index is 14.3. The fourth-order valence-corrected chi connectivity index (χ4v) is 1.89. The van der Waals surface area contributed by atoms with Gasteiger partial charge < -0.3 is 10.5 Å². The van der Waals surface area contributed by atoms with E-state index in [-0.39, 0.29) is 28.2 Å². The summed E-state index contributed by atoms with van der Waals surface area (Å²) in [7, 11) is 1.19. The van der Waals surface area contributed by atoms with Crippen LogP contribution in [-0.4, -0.2) is 18.1 Å². The van der Waals surface area contributed by atoms with Gasteiger partial charge in [0.2, 0.25) is 0 Å². The van der Waals surface area contributed by atoms with Crippen molar-refractivity contribution in [2.75, 3.05) is 12.8 Å². The van der Waals surface area contributed by atoms with Crippen molar-refractivity contribution in [3.8, 4) is 11.3 Å². The average molecular weight is 292 g/mol. The molecule has 1 heterocycles. The third-order valence-electron chi connectivity index (χ3n) is 3.25. The lowest BCUT2D eigenvalue weighted by molar-refractivity contribution is 0.0593. The van der Waals surface area contributed by atoms with E-state index < -0.39 is 17.6 Å². The molecule has 4 nitrogen and oxygen atoms in total. The quantitative estimate of drug-likeness (QED) is 0.864. The van der Waals surface area contributed by atoms with Gasteiger partial charge in [-0.25, -0.2) is 18.6 Å². The fraction of sp³-hybridized carbons (Fsp3) is 0.200. The zero-order valence-corrected chi connectivity index (χ0v) is 11.8. The van der Waals surface area contributed by atoms with E-state index in [2.05, 4.69) is 9.72 Å². The van der Waals surface area contributed by atoms with E-state index in [0.717, 1.165) is 6.07 Å². The molecule has 6 heteroatoms. The number of carbonyl (C=O) groups excluding carboxylic acids is 1. The van der Waals surface area contributed by atoms with E-state index in [0.29, 0.717) is 5.56 Å². The minimum atomic E-state index is -0.789. The summed E-state index contributed by atoms with van der Waals surface area (Å²) in [5, 5.41) is 0. The van der Waals surface area contributed by atoms with Crippen molar-refractivity contribution in [1.29, 1.82) is 0 Å². The normalized spacial score (nSPS) is 10.5. The predicted molar refractivity (Wildman–Crippen MR) is 74.8 cm³/mol. The summed E-state index contributed by atoms with van der Waals surface area (Å²) in [6.45, 7) is 3.06. The number of aryl methyl sites for hydroxylation is 1. The highest BCUT2D eigenvalue weighted by Crippen LogP contribution is 2.29. The first kappa shape index (κ1) is 14.9. The molecule has 2 rings (SSSR count). The van der Waals surface area contributed by atoms with Crippen molar-refractivity contribution in [2.45, 2.75) is 13.8 Å². The van der Waals surface area contributed by atoms with E-state index in [1.54, 1.807) is 6.92 Å². The largest absolute Gasteiger partial charge is 0.464 e. The molecule has 0 aliphatic carbocycles. The molecule has 1 aromatic carbocycles. The first-order chi connectivity index (χ1) is 9.86. The lowest BCUT2D eigenvalue weighted by Gasteiger charge is -2.12. The van der Waals surface area contributed by atoms with Crippen LogP contribution in [0.1, 0.15) is 21.6 Å². The number of hydrogen-bond acceptors (Lipinski definition) is 4. The van der Waals surface area contributed by atoms with Gasteiger partial charge in [-0.1, -0.05) is 12.1 Å². The zero-order chi connectivity index (χ0) is 15.7. The molecule has 2 aromatic rings. The summed E-state index contributed by atoms with van der Waals surface area (Å²) in [5.41, 5.74) is 6.00. The molecular formula is C15H14F2N2O2. The molecule has 0 unspecified atom stereocenters. The molecule has 0 spiro atoms. The Labute approximate surface area is 120 Å². The van der Waals surface area contributed by atoms with Crippen LogP contribution in [0.4, 0.5) is 14.5 Å². The Hall–Kier alpha value is -2.50. The fourth-order valence-electron chi connectivity index (χ4n) is 1.89. The molecule has 0 radical (unpaired) electrons. The van der Waals surface area contributed by atoms with Crippen molar-refractivity contribution < 1.29 is 18.3 Å². The Morgan fingerprint density at radius 1 is 1.29 bits per heavy atom. The van der Waals surface area contributed by atoms with Crippen LogP contribution < -0.4 is 5.73 Å². The van der Waals surface area contributed by atoms with Gasteiger partial charge in [-0.15, -0.1) is 0 Å². The molecule has 0 aliphatic heterocycles. The number of halogens is 2. The number of aromatic nitrogens is 1. The van der Waals surface area contributed by atoms with E-state index in [1.165, 1.54) is 26.2 Å². The first-order valence-electron chi connectivity index (χ1n) is 6.17. The summed E-state index contributed by atoms with van der Waals surface area (Å²) in [4.78, 5) is 15.6. The highest BCUT2D eigenvalue weighted by molar-refractivity contribution is 5.91. The van der Waals surface area contributed by atoms with E-state index in [9.17, 15) is 13.6 Å². The molecule has 21 heavy (non-hydrogen) atoms. The first-order valence-corrected chi connectivity index (χ1v) is 6.17. The number of ether oxygens (including phenoxy) is 1. The van der Waals surface area contributed by atoms with Crippen LogP contribution in [0.5, 0.6) is 0 Å². The van der Waals surface area contributed by atoms with E-state index >= 15 is 0 Å². The molecule has 110 valence electrons. The Morgan fingerprint density at radius 3 is 2.52 bits per heavy atom. The smallest absolute Gasteiger partial charge is 0.357 e. The maximum atomic E-state index is 14.3. The summed E-state index contributed by atoms with van der Waals surface area (Å²) >= 11 is 0. The van der Waals surface area contributed by atoms with Gasteiger partial charge in [0.05, 0.1) is 12.8 Å². The molecule has 2 N–H and O–H groups in total. The van der Waals surface area contributed by atoms with Gasteiger partial charge >= 0.3 is 5.97 Å². The maximum Gasteiger partial charge on any atom is 0.357 e. The van der Waals surface area contributed by atoms with Crippen LogP contribution in [-0.2, 0) is 4.74 Å². The molecule has 0 saturated heterocycles. The highest BCUT2D eigenvalue weighted by atomic mass is 19.1. The highest BCUT2D eigenvalue weighted by Gasteiger charge is 2.21. The van der Waals surface area contributed by atoms with E-state index in [4.69, 9.17) is 5.73 Å². The van der Waals surface area contributed by atoms with Crippen LogP contribution >= 0.6 is 0 Å². The number of methoxy groups -OCH3 is 1. The second kappa shape index (κ2) is 5.47. The second-order valence-electron chi connectivity index (χ2n) is 4.62. The zero-order valence-electron chi connectivity index (χ0n) is 11.8.